The molecular weight excluding hydrogens is 226 g/mol. The fraction of sp³-hybridized carbons (Fsp3) is 0.462. The number of anilines is 1. The molecular formula is C13H17N5. The van der Waals surface area contributed by atoms with Crippen molar-refractivity contribution in [2.45, 2.75) is 32.1 Å². The number of nitrogens with two attached hydrogens (primary N) is 1. The minimum Gasteiger partial charge on any atom is -0.369 e. The van der Waals surface area contributed by atoms with Gasteiger partial charge in [0, 0.05) is 6.07 Å². The molecule has 0 atom stereocenters. The molecule has 0 bridgehead atoms. The Kier molecular flexibility index (Phi) is 2.96. The number of aromatic nitrogens is 4. The number of allylic oxidation sites excluding steroid dienone is 1. The van der Waals surface area contributed by atoms with Gasteiger partial charge in [-0.15, -0.1) is 10.2 Å². The van der Waals surface area contributed by atoms with E-state index in [1.54, 1.807) is 10.7 Å². The Hall–Kier alpha value is -1.91. The molecule has 0 aromatic carbocycles. The summed E-state index contributed by atoms with van der Waals surface area (Å²) in [5.74, 6) is 1.12. The third kappa shape index (κ3) is 2.20. The molecule has 0 saturated heterocycles. The van der Waals surface area contributed by atoms with Gasteiger partial charge in [-0.25, -0.2) is 4.98 Å². The van der Waals surface area contributed by atoms with Gasteiger partial charge < -0.3 is 5.73 Å². The molecule has 18 heavy (non-hydrogen) atoms. The minimum absolute atomic E-state index is 0.431. The van der Waals surface area contributed by atoms with E-state index in [0.717, 1.165) is 11.3 Å². The van der Waals surface area contributed by atoms with Crippen molar-refractivity contribution in [3.8, 4) is 0 Å². The lowest BCUT2D eigenvalue weighted by Crippen LogP contribution is -2.03. The molecule has 2 N–H and O–H groups in total. The number of nitrogen functional groups attached to an aromatic ring is 1. The maximum Gasteiger partial charge on any atom is 0.207 e. The van der Waals surface area contributed by atoms with Crippen molar-refractivity contribution >= 4 is 17.7 Å². The van der Waals surface area contributed by atoms with Gasteiger partial charge in [-0.05, 0) is 24.8 Å². The lowest BCUT2D eigenvalue weighted by Gasteiger charge is -2.17. The van der Waals surface area contributed by atoms with Crippen molar-refractivity contribution in [2.75, 3.05) is 5.73 Å². The first-order valence-electron chi connectivity index (χ1n) is 6.47. The summed E-state index contributed by atoms with van der Waals surface area (Å²) in [6.45, 7) is 0. The predicted octanol–water partition coefficient (Wildman–Crippen LogP) is 2.30. The second kappa shape index (κ2) is 4.76. The Morgan fingerprint density at radius 3 is 2.94 bits per heavy atom. The maximum atomic E-state index is 5.85. The molecule has 0 spiro atoms. The van der Waals surface area contributed by atoms with E-state index in [-0.39, 0.29) is 0 Å². The second-order valence-electron chi connectivity index (χ2n) is 4.86. The zero-order valence-electron chi connectivity index (χ0n) is 10.3. The normalized spacial score (nSPS) is 17.8. The van der Waals surface area contributed by atoms with Crippen LogP contribution in [0.15, 0.2) is 18.5 Å². The summed E-state index contributed by atoms with van der Waals surface area (Å²) < 4.78 is 1.68. The average molecular weight is 243 g/mol. The van der Waals surface area contributed by atoms with Gasteiger partial charge in [-0.3, -0.25) is 4.40 Å². The molecule has 2 aromatic rings. The van der Waals surface area contributed by atoms with Gasteiger partial charge in [0.1, 0.15) is 6.33 Å². The Morgan fingerprint density at radius 1 is 1.28 bits per heavy atom. The van der Waals surface area contributed by atoms with E-state index in [1.807, 2.05) is 6.07 Å². The first-order chi connectivity index (χ1) is 8.83. The van der Waals surface area contributed by atoms with E-state index in [2.05, 4.69) is 27.3 Å². The molecule has 3 rings (SSSR count). The maximum absolute atomic E-state index is 5.85. The Balaban J connectivity index is 1.83. The molecule has 2 aromatic heterocycles. The quantitative estimate of drug-likeness (QED) is 0.878. The molecule has 2 heterocycles. The van der Waals surface area contributed by atoms with E-state index in [4.69, 9.17) is 5.73 Å². The van der Waals surface area contributed by atoms with Crippen LogP contribution in [0.25, 0.3) is 11.7 Å². The third-order valence-electron chi connectivity index (χ3n) is 3.53. The molecule has 0 aliphatic heterocycles. The SMILES string of the molecule is Nc1nc(/C=C/C2CCCCC2)cc2nncn12. The highest BCUT2D eigenvalue weighted by Gasteiger charge is 2.10. The summed E-state index contributed by atoms with van der Waals surface area (Å²) in [5, 5.41) is 7.82. The standard InChI is InChI=1S/C13H17N5/c14-13-16-11(8-12-17-15-9-18(12)13)7-6-10-4-2-1-3-5-10/h6-10H,1-5H2,(H2,14,16)/b7-6+. The first-order valence-corrected chi connectivity index (χ1v) is 6.47. The highest BCUT2D eigenvalue weighted by atomic mass is 15.3. The number of hydrogen-bond donors (Lipinski definition) is 1. The van der Waals surface area contributed by atoms with E-state index in [0.29, 0.717) is 11.9 Å². The highest BCUT2D eigenvalue weighted by Crippen LogP contribution is 2.25. The first kappa shape index (κ1) is 11.2. The predicted molar refractivity (Wildman–Crippen MR) is 70.8 cm³/mol. The molecule has 94 valence electrons. The summed E-state index contributed by atoms with van der Waals surface area (Å²) in [4.78, 5) is 4.33. The van der Waals surface area contributed by atoms with Crippen LogP contribution in [0.4, 0.5) is 5.95 Å². The zero-order valence-corrected chi connectivity index (χ0v) is 10.3. The fourth-order valence-corrected chi connectivity index (χ4v) is 2.52. The van der Waals surface area contributed by atoms with Gasteiger partial charge in [0.25, 0.3) is 0 Å². The second-order valence-corrected chi connectivity index (χ2v) is 4.86. The third-order valence-corrected chi connectivity index (χ3v) is 3.53. The number of rotatable bonds is 2. The summed E-state index contributed by atoms with van der Waals surface area (Å²) in [6.07, 6.45) is 12.5. The molecule has 1 fully saturated rings. The van der Waals surface area contributed by atoms with Gasteiger partial charge in [-0.1, -0.05) is 25.3 Å². The van der Waals surface area contributed by atoms with Gasteiger partial charge >= 0.3 is 0 Å². The summed E-state index contributed by atoms with van der Waals surface area (Å²) in [6, 6.07) is 1.91. The fourth-order valence-electron chi connectivity index (χ4n) is 2.52. The van der Waals surface area contributed by atoms with Crippen LogP contribution in [0.1, 0.15) is 37.8 Å². The van der Waals surface area contributed by atoms with Crippen LogP contribution in [-0.2, 0) is 0 Å². The van der Waals surface area contributed by atoms with E-state index in [9.17, 15) is 0 Å². The van der Waals surface area contributed by atoms with Crippen molar-refractivity contribution in [2.24, 2.45) is 5.92 Å². The van der Waals surface area contributed by atoms with Crippen LogP contribution in [0, 0.1) is 5.92 Å². The molecule has 5 heteroatoms. The van der Waals surface area contributed by atoms with Crippen LogP contribution >= 0.6 is 0 Å². The van der Waals surface area contributed by atoms with E-state index < -0.39 is 0 Å². The van der Waals surface area contributed by atoms with Crippen LogP contribution in [-0.4, -0.2) is 19.6 Å². The summed E-state index contributed by atoms with van der Waals surface area (Å²) >= 11 is 0. The molecule has 0 radical (unpaired) electrons. The van der Waals surface area contributed by atoms with Gasteiger partial charge in [0.2, 0.25) is 5.95 Å². The van der Waals surface area contributed by atoms with Crippen LogP contribution in [0.5, 0.6) is 0 Å². The highest BCUT2D eigenvalue weighted by molar-refractivity contribution is 5.55. The van der Waals surface area contributed by atoms with Crippen LogP contribution < -0.4 is 5.73 Å². The zero-order chi connectivity index (χ0) is 12.4. The average Bonchev–Trinajstić information content (AvgIpc) is 2.86. The Morgan fingerprint density at radius 2 is 2.11 bits per heavy atom. The lowest BCUT2D eigenvalue weighted by atomic mass is 9.89. The van der Waals surface area contributed by atoms with Crippen molar-refractivity contribution < 1.29 is 0 Å². The smallest absolute Gasteiger partial charge is 0.207 e. The van der Waals surface area contributed by atoms with Gasteiger partial charge in [0.05, 0.1) is 5.69 Å². The summed E-state index contributed by atoms with van der Waals surface area (Å²) in [5.41, 5.74) is 7.45. The monoisotopic (exact) mass is 243 g/mol. The van der Waals surface area contributed by atoms with Gasteiger partial charge in [0.15, 0.2) is 5.65 Å². The van der Waals surface area contributed by atoms with Crippen LogP contribution in [0.3, 0.4) is 0 Å². The van der Waals surface area contributed by atoms with Crippen molar-refractivity contribution in [1.82, 2.24) is 19.6 Å². The Labute approximate surface area is 106 Å². The molecule has 5 nitrogen and oxygen atoms in total. The number of fused-ring (bicyclic) bond motifs is 1. The van der Waals surface area contributed by atoms with Crippen molar-refractivity contribution in [3.63, 3.8) is 0 Å². The lowest BCUT2D eigenvalue weighted by molar-refractivity contribution is 0.420. The van der Waals surface area contributed by atoms with Crippen molar-refractivity contribution in [1.29, 1.82) is 0 Å². The van der Waals surface area contributed by atoms with Crippen molar-refractivity contribution in [3.05, 3.63) is 24.2 Å². The van der Waals surface area contributed by atoms with Gasteiger partial charge in [-0.2, -0.15) is 0 Å². The molecule has 1 aliphatic rings. The molecule has 0 unspecified atom stereocenters. The number of nitrogens with zero attached hydrogens (tertiary/aromatic N) is 4. The van der Waals surface area contributed by atoms with E-state index in [1.165, 1.54) is 32.1 Å². The Bertz CT molecular complexity index is 566. The van der Waals surface area contributed by atoms with Crippen LogP contribution in [0.2, 0.25) is 0 Å². The molecule has 1 aliphatic carbocycles. The molecule has 0 amide bonds. The molecule has 1 saturated carbocycles. The summed E-state index contributed by atoms with van der Waals surface area (Å²) in [7, 11) is 0. The minimum atomic E-state index is 0.431. The van der Waals surface area contributed by atoms with E-state index >= 15 is 0 Å². The largest absolute Gasteiger partial charge is 0.369 e. The number of hydrogen-bond acceptors (Lipinski definition) is 4. The topological polar surface area (TPSA) is 69.1 Å².